The highest BCUT2D eigenvalue weighted by atomic mass is 35.5. The molecule has 1 aliphatic heterocycles. The number of benzene rings is 1. The molecule has 0 aliphatic carbocycles. The summed E-state index contributed by atoms with van der Waals surface area (Å²) < 4.78 is 5.23. The van der Waals surface area contributed by atoms with Gasteiger partial charge in [0, 0.05) is 12.1 Å². The van der Waals surface area contributed by atoms with E-state index in [4.69, 9.17) is 16.1 Å². The van der Waals surface area contributed by atoms with E-state index in [2.05, 4.69) is 20.8 Å². The lowest BCUT2D eigenvalue weighted by Crippen LogP contribution is -2.21. The van der Waals surface area contributed by atoms with Crippen LogP contribution in [0.15, 0.2) is 28.8 Å². The molecular weight excluding hydrogens is 388 g/mol. The molecule has 0 unspecified atom stereocenters. The smallest absolute Gasteiger partial charge is 0.263 e. The van der Waals surface area contributed by atoms with Crippen LogP contribution in [0.2, 0.25) is 5.02 Å². The van der Waals surface area contributed by atoms with Gasteiger partial charge in [-0.2, -0.15) is 0 Å². The van der Waals surface area contributed by atoms with E-state index in [0.717, 1.165) is 17.8 Å². The molecule has 3 heterocycles. The fourth-order valence-corrected chi connectivity index (χ4v) is 4.07. The highest BCUT2D eigenvalue weighted by Gasteiger charge is 2.26. The van der Waals surface area contributed by atoms with Gasteiger partial charge in [-0.25, -0.2) is 4.98 Å². The number of carbonyl (C=O) groups is 2. The Morgan fingerprint density at radius 1 is 1.37 bits per heavy atom. The summed E-state index contributed by atoms with van der Waals surface area (Å²) in [5.74, 6) is -0.190. The molecule has 0 saturated carbocycles. The van der Waals surface area contributed by atoms with E-state index in [1.54, 1.807) is 25.1 Å². The van der Waals surface area contributed by atoms with Gasteiger partial charge in [0.2, 0.25) is 0 Å². The van der Waals surface area contributed by atoms with Crippen LogP contribution in [0.5, 0.6) is 0 Å². The third-order valence-corrected chi connectivity index (χ3v) is 5.56. The molecule has 9 heteroatoms. The zero-order valence-electron chi connectivity index (χ0n) is 14.3. The maximum atomic E-state index is 12.9. The average Bonchev–Trinajstić information content (AvgIpc) is 3.18. The Kier molecular flexibility index (Phi) is 4.67. The minimum absolute atomic E-state index is 0.154. The second-order valence-electron chi connectivity index (χ2n) is 6.05. The van der Waals surface area contributed by atoms with Gasteiger partial charge >= 0.3 is 0 Å². The number of fused-ring (bicyclic) bond motifs is 1. The number of aryl methyl sites for hydroxylation is 2. The van der Waals surface area contributed by atoms with Crippen LogP contribution in [0.25, 0.3) is 11.3 Å². The number of halogens is 1. The van der Waals surface area contributed by atoms with Crippen molar-refractivity contribution in [2.45, 2.75) is 19.8 Å². The van der Waals surface area contributed by atoms with Crippen LogP contribution in [0.3, 0.4) is 0 Å². The van der Waals surface area contributed by atoms with Crippen molar-refractivity contribution in [1.29, 1.82) is 0 Å². The van der Waals surface area contributed by atoms with Crippen molar-refractivity contribution in [3.05, 3.63) is 51.2 Å². The summed E-state index contributed by atoms with van der Waals surface area (Å²) in [7, 11) is 0. The number of thiazole rings is 1. The number of anilines is 1. The van der Waals surface area contributed by atoms with Gasteiger partial charge in [-0.3, -0.25) is 14.9 Å². The number of rotatable bonds is 3. The SMILES string of the molecule is Cc1onc(-c2ccccc2Cl)c1C(=O)Nc1nc2c(s1)C(=O)NCCC2. The van der Waals surface area contributed by atoms with Gasteiger partial charge in [-0.15, -0.1) is 0 Å². The third-order valence-electron chi connectivity index (χ3n) is 4.22. The van der Waals surface area contributed by atoms with Gasteiger partial charge in [-0.05, 0) is 25.8 Å². The van der Waals surface area contributed by atoms with Crippen molar-refractivity contribution in [2.24, 2.45) is 0 Å². The lowest BCUT2D eigenvalue weighted by atomic mass is 10.1. The molecule has 4 rings (SSSR count). The summed E-state index contributed by atoms with van der Waals surface area (Å²) in [5, 5.41) is 10.4. The first-order valence-electron chi connectivity index (χ1n) is 8.35. The van der Waals surface area contributed by atoms with Gasteiger partial charge < -0.3 is 9.84 Å². The number of nitrogens with zero attached hydrogens (tertiary/aromatic N) is 2. The predicted octanol–water partition coefficient (Wildman–Crippen LogP) is 3.69. The number of aromatic nitrogens is 2. The van der Waals surface area contributed by atoms with Crippen molar-refractivity contribution in [2.75, 3.05) is 11.9 Å². The summed E-state index contributed by atoms with van der Waals surface area (Å²) in [4.78, 5) is 29.9. The van der Waals surface area contributed by atoms with Crippen molar-refractivity contribution >= 4 is 39.9 Å². The maximum Gasteiger partial charge on any atom is 0.263 e. The van der Waals surface area contributed by atoms with Gasteiger partial charge in [0.1, 0.15) is 21.9 Å². The van der Waals surface area contributed by atoms with E-state index in [0.29, 0.717) is 50.7 Å². The maximum absolute atomic E-state index is 12.9. The van der Waals surface area contributed by atoms with Gasteiger partial charge in [-0.1, -0.05) is 46.3 Å². The van der Waals surface area contributed by atoms with Gasteiger partial charge in [0.05, 0.1) is 10.7 Å². The van der Waals surface area contributed by atoms with Gasteiger partial charge in [0.25, 0.3) is 11.8 Å². The monoisotopic (exact) mass is 402 g/mol. The second-order valence-corrected chi connectivity index (χ2v) is 7.46. The topological polar surface area (TPSA) is 97.1 Å². The molecule has 0 atom stereocenters. The molecule has 1 aromatic carbocycles. The molecule has 3 aromatic rings. The minimum Gasteiger partial charge on any atom is -0.360 e. The molecule has 27 heavy (non-hydrogen) atoms. The van der Waals surface area contributed by atoms with Crippen molar-refractivity contribution in [1.82, 2.24) is 15.5 Å². The standard InChI is InChI=1S/C18H15ClN4O3S/c1-9-13(14(23-26-9)10-5-2-3-6-11(10)19)16(24)22-18-21-12-7-4-8-20-17(25)15(12)27-18/h2-3,5-6H,4,7-8H2,1H3,(H,20,25)(H,21,22,24). The summed E-state index contributed by atoms with van der Waals surface area (Å²) in [6.45, 7) is 2.29. The molecule has 2 amide bonds. The lowest BCUT2D eigenvalue weighted by Gasteiger charge is -2.04. The Hall–Kier alpha value is -2.71. The zero-order valence-corrected chi connectivity index (χ0v) is 15.9. The minimum atomic E-state index is -0.409. The molecule has 138 valence electrons. The van der Waals surface area contributed by atoms with E-state index in [9.17, 15) is 9.59 Å². The van der Waals surface area contributed by atoms with Crippen LogP contribution in [-0.2, 0) is 6.42 Å². The van der Waals surface area contributed by atoms with E-state index in [1.165, 1.54) is 0 Å². The molecule has 7 nitrogen and oxygen atoms in total. The lowest BCUT2D eigenvalue weighted by molar-refractivity contribution is 0.0958. The quantitative estimate of drug-likeness (QED) is 0.696. The Morgan fingerprint density at radius 2 is 2.19 bits per heavy atom. The summed E-state index contributed by atoms with van der Waals surface area (Å²) in [6, 6.07) is 7.10. The molecule has 2 N–H and O–H groups in total. The van der Waals surface area contributed by atoms with Crippen LogP contribution in [0.4, 0.5) is 5.13 Å². The Bertz CT molecular complexity index is 1040. The molecule has 0 bridgehead atoms. The molecule has 0 saturated heterocycles. The number of amides is 2. The highest BCUT2D eigenvalue weighted by Crippen LogP contribution is 2.32. The molecule has 0 spiro atoms. The first-order valence-corrected chi connectivity index (χ1v) is 9.54. The Balaban J connectivity index is 1.65. The van der Waals surface area contributed by atoms with Crippen LogP contribution in [0, 0.1) is 6.92 Å². The molecule has 0 radical (unpaired) electrons. The number of hydrogen-bond acceptors (Lipinski definition) is 6. The number of hydrogen-bond donors (Lipinski definition) is 2. The van der Waals surface area contributed by atoms with Crippen LogP contribution in [-0.4, -0.2) is 28.5 Å². The largest absolute Gasteiger partial charge is 0.360 e. The summed E-state index contributed by atoms with van der Waals surface area (Å²) in [5.41, 5.74) is 1.97. The van der Waals surface area contributed by atoms with E-state index >= 15 is 0 Å². The van der Waals surface area contributed by atoms with Crippen LogP contribution < -0.4 is 10.6 Å². The number of nitrogens with one attached hydrogen (secondary N) is 2. The van der Waals surface area contributed by atoms with E-state index in [-0.39, 0.29) is 11.5 Å². The van der Waals surface area contributed by atoms with Crippen molar-refractivity contribution in [3.8, 4) is 11.3 Å². The van der Waals surface area contributed by atoms with Crippen molar-refractivity contribution in [3.63, 3.8) is 0 Å². The molecule has 0 fully saturated rings. The fourth-order valence-electron chi connectivity index (χ4n) is 2.93. The molecule has 2 aromatic heterocycles. The van der Waals surface area contributed by atoms with Crippen molar-refractivity contribution < 1.29 is 14.1 Å². The Morgan fingerprint density at radius 3 is 3.00 bits per heavy atom. The third kappa shape index (κ3) is 3.33. The fraction of sp³-hybridized carbons (Fsp3) is 0.222. The highest BCUT2D eigenvalue weighted by molar-refractivity contribution is 7.17. The predicted molar refractivity (Wildman–Crippen MR) is 102 cm³/mol. The first kappa shape index (κ1) is 17.7. The van der Waals surface area contributed by atoms with Crippen LogP contribution >= 0.6 is 22.9 Å². The van der Waals surface area contributed by atoms with E-state index in [1.807, 2.05) is 6.07 Å². The summed E-state index contributed by atoms with van der Waals surface area (Å²) in [6.07, 6.45) is 1.51. The molecule has 1 aliphatic rings. The molecular formula is C18H15ClN4O3S. The first-order chi connectivity index (χ1) is 13.0. The zero-order chi connectivity index (χ0) is 19.0. The van der Waals surface area contributed by atoms with Crippen LogP contribution in [0.1, 0.15) is 37.9 Å². The Labute approximate surface area is 163 Å². The van der Waals surface area contributed by atoms with E-state index < -0.39 is 5.91 Å². The van der Waals surface area contributed by atoms with Gasteiger partial charge in [0.15, 0.2) is 5.13 Å². The second kappa shape index (κ2) is 7.13. The summed E-state index contributed by atoms with van der Waals surface area (Å²) >= 11 is 7.40. The average molecular weight is 403 g/mol. The normalized spacial score (nSPS) is 13.6. The number of carbonyl (C=O) groups excluding carboxylic acids is 2.